The highest BCUT2D eigenvalue weighted by molar-refractivity contribution is 6.14. The van der Waals surface area contributed by atoms with Gasteiger partial charge in [0.1, 0.15) is 35.1 Å². The van der Waals surface area contributed by atoms with Gasteiger partial charge in [-0.15, -0.1) is 0 Å². The van der Waals surface area contributed by atoms with E-state index >= 15 is 0 Å². The van der Waals surface area contributed by atoms with Crippen LogP contribution < -0.4 is 9.47 Å². The van der Waals surface area contributed by atoms with Crippen LogP contribution in [0.4, 0.5) is 0 Å². The highest BCUT2D eigenvalue weighted by Gasteiger charge is 2.29. The van der Waals surface area contributed by atoms with Gasteiger partial charge in [-0.3, -0.25) is 0 Å². The van der Waals surface area contributed by atoms with E-state index in [1.54, 1.807) is 24.3 Å². The van der Waals surface area contributed by atoms with E-state index in [0.29, 0.717) is 34.1 Å². The van der Waals surface area contributed by atoms with Gasteiger partial charge in [-0.05, 0) is 82.9 Å². The molecule has 0 spiro atoms. The lowest BCUT2D eigenvalue weighted by atomic mass is 10.1. The highest BCUT2D eigenvalue weighted by Crippen LogP contribution is 2.30. The van der Waals surface area contributed by atoms with Crippen LogP contribution >= 0.6 is 0 Å². The Balaban J connectivity index is 0.000000212. The maximum atomic E-state index is 11.6. The molecule has 6 aromatic carbocycles. The summed E-state index contributed by atoms with van der Waals surface area (Å²) in [6, 6.07) is 49.1. The van der Waals surface area contributed by atoms with Crippen LogP contribution in [0.1, 0.15) is 46.7 Å². The lowest BCUT2D eigenvalue weighted by Gasteiger charge is -2.08. The van der Waals surface area contributed by atoms with Crippen molar-refractivity contribution in [2.24, 2.45) is 0 Å². The molecule has 1 aliphatic rings. The van der Waals surface area contributed by atoms with Gasteiger partial charge in [-0.25, -0.2) is 9.59 Å². The van der Waals surface area contributed by atoms with Gasteiger partial charge in [-0.1, -0.05) is 99.8 Å². The molecule has 1 heterocycles. The van der Waals surface area contributed by atoms with Crippen molar-refractivity contribution in [3.05, 3.63) is 168 Å². The lowest BCUT2D eigenvalue weighted by molar-refractivity contribution is 0.0443. The van der Waals surface area contributed by atoms with Crippen LogP contribution in [0.2, 0.25) is 0 Å². The van der Waals surface area contributed by atoms with Crippen molar-refractivity contribution in [2.75, 3.05) is 0 Å². The second kappa shape index (κ2) is 16.0. The molecule has 7 nitrogen and oxygen atoms in total. The Hall–Kier alpha value is -6.96. The summed E-state index contributed by atoms with van der Waals surface area (Å²) in [7, 11) is 0. The van der Waals surface area contributed by atoms with Gasteiger partial charge in [0, 0.05) is 0 Å². The summed E-state index contributed by atoms with van der Waals surface area (Å²) in [5, 5.41) is 18.0. The number of nitrogens with zero attached hydrogens (tertiary/aromatic N) is 2. The molecule has 0 saturated carbocycles. The summed E-state index contributed by atoms with van der Waals surface area (Å²) < 4.78 is 16.1. The minimum absolute atomic E-state index is 0. The maximum Gasteiger partial charge on any atom is 0.347 e. The van der Waals surface area contributed by atoms with Crippen molar-refractivity contribution in [2.45, 2.75) is 14.9 Å². The molecule has 0 N–H and O–H groups in total. The van der Waals surface area contributed by atoms with Gasteiger partial charge in [-0.2, -0.15) is 10.5 Å². The fourth-order valence-corrected chi connectivity index (χ4v) is 4.87. The van der Waals surface area contributed by atoms with Crippen molar-refractivity contribution in [1.29, 1.82) is 10.5 Å². The minimum Gasteiger partial charge on any atom is -0.457 e. The van der Waals surface area contributed by atoms with Gasteiger partial charge in [0.2, 0.25) is 0 Å². The second-order valence-corrected chi connectivity index (χ2v) is 10.3. The van der Waals surface area contributed by atoms with Crippen molar-refractivity contribution in [3.8, 4) is 57.4 Å². The summed E-state index contributed by atoms with van der Waals surface area (Å²) >= 11 is 0. The molecule has 240 valence electrons. The van der Waals surface area contributed by atoms with Crippen LogP contribution in [-0.4, -0.2) is 11.9 Å². The number of hydrogen-bond donors (Lipinski definition) is 0. The Morgan fingerprint density at radius 3 is 1.33 bits per heavy atom. The van der Waals surface area contributed by atoms with Crippen LogP contribution in [0.15, 0.2) is 146 Å². The van der Waals surface area contributed by atoms with E-state index in [4.69, 9.17) is 20.0 Å². The first-order valence-electron chi connectivity index (χ1n) is 14.5. The molecule has 0 fully saturated rings. The van der Waals surface area contributed by atoms with Crippen LogP contribution in [0.3, 0.4) is 0 Å². The number of carbonyl (C=O) groups excluding carboxylic acids is 2. The SMILES string of the molecule is C.C.N#Cc1ccc(Oc2ccc(-c3ccccc3)cc2)cc1C#N.O=C1OC(=O)c2cc(Oc3ccc(-c4ccccc4)cc3)ccc21. The number of benzene rings is 6. The minimum atomic E-state index is -0.639. The predicted molar refractivity (Wildman–Crippen MR) is 189 cm³/mol. The molecule has 1 aliphatic heterocycles. The van der Waals surface area contributed by atoms with Crippen LogP contribution in [0.5, 0.6) is 23.0 Å². The molecule has 6 aromatic rings. The molecule has 0 saturated heterocycles. The highest BCUT2D eigenvalue weighted by atomic mass is 16.6. The molecular weight excluding hydrogens is 612 g/mol. The van der Waals surface area contributed by atoms with Crippen molar-refractivity contribution in [1.82, 2.24) is 0 Å². The maximum absolute atomic E-state index is 11.6. The number of fused-ring (bicyclic) bond motifs is 1. The molecule has 7 heteroatoms. The number of cyclic esters (lactones) is 2. The fraction of sp³-hybridized carbons (Fsp3) is 0.0476. The van der Waals surface area contributed by atoms with Crippen molar-refractivity contribution >= 4 is 11.9 Å². The summed E-state index contributed by atoms with van der Waals surface area (Å²) in [6.45, 7) is 0. The monoisotopic (exact) mass is 644 g/mol. The Labute approximate surface area is 285 Å². The lowest BCUT2D eigenvalue weighted by Crippen LogP contribution is -1.96. The van der Waals surface area contributed by atoms with E-state index < -0.39 is 11.9 Å². The number of ether oxygens (including phenoxy) is 3. The Morgan fingerprint density at radius 1 is 0.429 bits per heavy atom. The number of hydrogen-bond acceptors (Lipinski definition) is 7. The predicted octanol–water partition coefficient (Wildman–Crippen LogP) is 10.6. The zero-order chi connectivity index (χ0) is 32.6. The van der Waals surface area contributed by atoms with Gasteiger partial charge < -0.3 is 14.2 Å². The molecule has 49 heavy (non-hydrogen) atoms. The summed E-state index contributed by atoms with van der Waals surface area (Å²) in [5.74, 6) is 1.08. The van der Waals surface area contributed by atoms with E-state index in [-0.39, 0.29) is 26.0 Å². The van der Waals surface area contributed by atoms with Gasteiger partial charge in [0.25, 0.3) is 0 Å². The first kappa shape index (κ1) is 34.9. The number of carbonyl (C=O) groups is 2. The first-order chi connectivity index (χ1) is 23.0. The topological polar surface area (TPSA) is 109 Å². The number of nitriles is 2. The van der Waals surface area contributed by atoms with E-state index in [1.807, 2.05) is 109 Å². The quantitative estimate of drug-likeness (QED) is 0.131. The molecule has 0 atom stereocenters. The third-order valence-electron chi connectivity index (χ3n) is 7.24. The van der Waals surface area contributed by atoms with E-state index in [1.165, 1.54) is 12.1 Å². The Bertz CT molecular complexity index is 2150. The average molecular weight is 645 g/mol. The third-order valence-corrected chi connectivity index (χ3v) is 7.24. The smallest absolute Gasteiger partial charge is 0.347 e. The van der Waals surface area contributed by atoms with Crippen molar-refractivity contribution < 1.29 is 23.8 Å². The van der Waals surface area contributed by atoms with E-state index in [0.717, 1.165) is 22.3 Å². The van der Waals surface area contributed by atoms with E-state index in [2.05, 4.69) is 16.9 Å². The van der Waals surface area contributed by atoms with Gasteiger partial charge in [0.05, 0.1) is 22.3 Å². The first-order valence-corrected chi connectivity index (χ1v) is 14.5. The number of rotatable bonds is 6. The van der Waals surface area contributed by atoms with Crippen LogP contribution in [0.25, 0.3) is 22.3 Å². The Kier molecular flexibility index (Phi) is 11.4. The fourth-order valence-electron chi connectivity index (χ4n) is 4.87. The van der Waals surface area contributed by atoms with Gasteiger partial charge >= 0.3 is 11.9 Å². The zero-order valence-electron chi connectivity index (χ0n) is 24.8. The molecule has 0 aromatic heterocycles. The third kappa shape index (κ3) is 8.26. The number of esters is 2. The Morgan fingerprint density at radius 2 is 0.837 bits per heavy atom. The molecule has 0 radical (unpaired) electrons. The average Bonchev–Trinajstić information content (AvgIpc) is 3.41. The second-order valence-electron chi connectivity index (χ2n) is 10.3. The summed E-state index contributed by atoms with van der Waals surface area (Å²) in [4.78, 5) is 23.0. The molecular formula is C42H32N2O5. The summed E-state index contributed by atoms with van der Waals surface area (Å²) in [6.07, 6.45) is 0. The van der Waals surface area contributed by atoms with Crippen molar-refractivity contribution in [3.63, 3.8) is 0 Å². The largest absolute Gasteiger partial charge is 0.457 e. The molecule has 0 amide bonds. The molecule has 7 rings (SSSR count). The summed E-state index contributed by atoms with van der Waals surface area (Å²) in [5.41, 5.74) is 5.63. The normalized spacial score (nSPS) is 10.7. The van der Waals surface area contributed by atoms with Crippen LogP contribution in [-0.2, 0) is 4.74 Å². The molecule has 0 aliphatic carbocycles. The molecule has 0 bridgehead atoms. The van der Waals surface area contributed by atoms with Gasteiger partial charge in [0.15, 0.2) is 0 Å². The zero-order valence-corrected chi connectivity index (χ0v) is 24.8. The van der Waals surface area contributed by atoms with E-state index in [9.17, 15) is 9.59 Å². The van der Waals surface area contributed by atoms with Crippen LogP contribution in [0, 0.1) is 22.7 Å². The molecule has 0 unspecified atom stereocenters. The standard InChI is InChI=1S/C20H12N2O.C20H12O4.2CH4/c21-13-17-8-11-20(12-18(17)14-22)23-19-9-6-16(7-10-19)15-4-2-1-3-5-15;21-19-17-11-10-16(12-18(17)20(22)24-19)23-15-8-6-14(7-9-15)13-4-2-1-3-5-13;;/h1-12H;1-12H;2*1H4.